The highest BCUT2D eigenvalue weighted by molar-refractivity contribution is 5.91. The Balaban J connectivity index is 1.88. The van der Waals surface area contributed by atoms with Crippen molar-refractivity contribution in [3.8, 4) is 0 Å². The van der Waals surface area contributed by atoms with Gasteiger partial charge in [0.25, 0.3) is 0 Å². The van der Waals surface area contributed by atoms with E-state index in [1.807, 2.05) is 36.7 Å². The SMILES string of the molecule is CCCN(CCC)c1nccc(Nc2cccc3cccnc23)n1. The summed E-state index contributed by atoms with van der Waals surface area (Å²) in [4.78, 5) is 15.8. The maximum absolute atomic E-state index is 4.69. The Morgan fingerprint density at radius 2 is 1.71 bits per heavy atom. The fourth-order valence-electron chi connectivity index (χ4n) is 2.77. The van der Waals surface area contributed by atoms with E-state index in [0.717, 1.165) is 54.3 Å². The maximum atomic E-state index is 4.69. The van der Waals surface area contributed by atoms with Gasteiger partial charge in [0.05, 0.1) is 11.2 Å². The van der Waals surface area contributed by atoms with E-state index in [2.05, 4.69) is 51.1 Å². The Bertz CT molecular complexity index is 791. The van der Waals surface area contributed by atoms with Gasteiger partial charge in [0, 0.05) is 30.9 Å². The monoisotopic (exact) mass is 321 g/mol. The van der Waals surface area contributed by atoms with Crippen molar-refractivity contribution in [2.24, 2.45) is 0 Å². The summed E-state index contributed by atoms with van der Waals surface area (Å²) in [6.07, 6.45) is 5.77. The van der Waals surface area contributed by atoms with E-state index in [9.17, 15) is 0 Å². The van der Waals surface area contributed by atoms with Gasteiger partial charge in [-0.3, -0.25) is 4.98 Å². The Kier molecular flexibility index (Phi) is 5.21. The number of fused-ring (bicyclic) bond motifs is 1. The van der Waals surface area contributed by atoms with Crippen molar-refractivity contribution >= 4 is 28.4 Å². The van der Waals surface area contributed by atoms with Gasteiger partial charge in [-0.15, -0.1) is 0 Å². The predicted molar refractivity (Wildman–Crippen MR) is 99.9 cm³/mol. The molecule has 0 aliphatic heterocycles. The number of para-hydroxylation sites is 1. The molecule has 0 unspecified atom stereocenters. The van der Waals surface area contributed by atoms with Crippen molar-refractivity contribution < 1.29 is 0 Å². The third-order valence-corrected chi connectivity index (χ3v) is 3.81. The number of pyridine rings is 1. The minimum atomic E-state index is 0.775. The standard InChI is InChI=1S/C19H23N5/c1-3-13-24(14-4-2)19-21-12-10-17(23-19)22-16-9-5-7-15-8-6-11-20-18(15)16/h5-12H,3-4,13-14H2,1-2H3,(H,21,22,23). The quantitative estimate of drug-likeness (QED) is 0.699. The zero-order valence-corrected chi connectivity index (χ0v) is 14.2. The predicted octanol–water partition coefficient (Wildman–Crippen LogP) is 4.39. The molecule has 0 aliphatic carbocycles. The minimum absolute atomic E-state index is 0.775. The molecule has 0 atom stereocenters. The third-order valence-electron chi connectivity index (χ3n) is 3.81. The molecule has 2 aromatic heterocycles. The van der Waals surface area contributed by atoms with Gasteiger partial charge >= 0.3 is 0 Å². The highest BCUT2D eigenvalue weighted by atomic mass is 15.3. The summed E-state index contributed by atoms with van der Waals surface area (Å²) in [6.45, 7) is 6.28. The number of hydrogen-bond donors (Lipinski definition) is 1. The van der Waals surface area contributed by atoms with Crippen molar-refractivity contribution in [1.29, 1.82) is 0 Å². The summed E-state index contributed by atoms with van der Waals surface area (Å²) >= 11 is 0. The van der Waals surface area contributed by atoms with Crippen LogP contribution in [0.15, 0.2) is 48.8 Å². The Morgan fingerprint density at radius 3 is 2.50 bits per heavy atom. The fraction of sp³-hybridized carbons (Fsp3) is 0.316. The highest BCUT2D eigenvalue weighted by Gasteiger charge is 2.09. The van der Waals surface area contributed by atoms with Crippen LogP contribution in [0.3, 0.4) is 0 Å². The fourth-order valence-corrected chi connectivity index (χ4v) is 2.77. The number of hydrogen-bond acceptors (Lipinski definition) is 5. The van der Waals surface area contributed by atoms with E-state index in [-0.39, 0.29) is 0 Å². The number of rotatable bonds is 7. The van der Waals surface area contributed by atoms with Crippen LogP contribution in [0.25, 0.3) is 10.9 Å². The summed E-state index contributed by atoms with van der Waals surface area (Å²) in [5.74, 6) is 1.56. The van der Waals surface area contributed by atoms with Gasteiger partial charge in [-0.05, 0) is 31.0 Å². The van der Waals surface area contributed by atoms with Gasteiger partial charge in [-0.25, -0.2) is 4.98 Å². The smallest absolute Gasteiger partial charge is 0.227 e. The van der Waals surface area contributed by atoms with E-state index in [0.29, 0.717) is 0 Å². The van der Waals surface area contributed by atoms with Gasteiger partial charge in [-0.1, -0.05) is 32.0 Å². The van der Waals surface area contributed by atoms with E-state index < -0.39 is 0 Å². The molecule has 0 saturated carbocycles. The molecule has 24 heavy (non-hydrogen) atoms. The zero-order valence-electron chi connectivity index (χ0n) is 14.2. The third kappa shape index (κ3) is 3.62. The number of benzene rings is 1. The molecule has 1 aromatic carbocycles. The maximum Gasteiger partial charge on any atom is 0.227 e. The van der Waals surface area contributed by atoms with Crippen LogP contribution in [0.4, 0.5) is 17.5 Å². The van der Waals surface area contributed by atoms with Crippen LogP contribution in [0.2, 0.25) is 0 Å². The first kappa shape index (κ1) is 16.2. The Labute approximate surface area is 142 Å². The van der Waals surface area contributed by atoms with Gasteiger partial charge in [0.1, 0.15) is 5.82 Å². The molecular weight excluding hydrogens is 298 g/mol. The molecule has 0 saturated heterocycles. The van der Waals surface area contributed by atoms with Crippen molar-refractivity contribution in [3.05, 3.63) is 48.8 Å². The second kappa shape index (κ2) is 7.73. The molecule has 0 bridgehead atoms. The van der Waals surface area contributed by atoms with E-state index >= 15 is 0 Å². The molecule has 3 rings (SSSR count). The van der Waals surface area contributed by atoms with E-state index in [4.69, 9.17) is 0 Å². The van der Waals surface area contributed by atoms with Crippen molar-refractivity contribution in [2.75, 3.05) is 23.3 Å². The summed E-state index contributed by atoms with van der Waals surface area (Å²) in [6, 6.07) is 12.0. The largest absolute Gasteiger partial charge is 0.341 e. The van der Waals surface area contributed by atoms with Crippen LogP contribution in [-0.2, 0) is 0 Å². The molecular formula is C19H23N5. The first-order valence-electron chi connectivity index (χ1n) is 8.50. The van der Waals surface area contributed by atoms with E-state index in [1.165, 1.54) is 0 Å². The first-order valence-corrected chi connectivity index (χ1v) is 8.50. The van der Waals surface area contributed by atoms with Gasteiger partial charge in [0.2, 0.25) is 5.95 Å². The van der Waals surface area contributed by atoms with Crippen LogP contribution in [0.1, 0.15) is 26.7 Å². The topological polar surface area (TPSA) is 53.9 Å². The Hall–Kier alpha value is -2.69. The highest BCUT2D eigenvalue weighted by Crippen LogP contribution is 2.24. The number of aromatic nitrogens is 3. The average molecular weight is 321 g/mol. The summed E-state index contributed by atoms with van der Waals surface area (Å²) in [5.41, 5.74) is 1.90. The summed E-state index contributed by atoms with van der Waals surface area (Å²) < 4.78 is 0. The zero-order chi connectivity index (χ0) is 16.8. The lowest BCUT2D eigenvalue weighted by atomic mass is 10.2. The molecule has 0 fully saturated rings. The van der Waals surface area contributed by atoms with Gasteiger partial charge < -0.3 is 10.2 Å². The molecule has 0 aliphatic rings. The minimum Gasteiger partial charge on any atom is -0.341 e. The molecule has 5 nitrogen and oxygen atoms in total. The Morgan fingerprint density at radius 1 is 0.917 bits per heavy atom. The summed E-state index contributed by atoms with van der Waals surface area (Å²) in [7, 11) is 0. The lowest BCUT2D eigenvalue weighted by Gasteiger charge is -2.21. The van der Waals surface area contributed by atoms with Crippen LogP contribution in [0, 0.1) is 0 Å². The number of anilines is 3. The number of nitrogens with one attached hydrogen (secondary N) is 1. The molecule has 2 heterocycles. The molecule has 1 N–H and O–H groups in total. The van der Waals surface area contributed by atoms with Gasteiger partial charge in [0.15, 0.2) is 0 Å². The second-order valence-electron chi connectivity index (χ2n) is 5.73. The van der Waals surface area contributed by atoms with Crippen LogP contribution in [0.5, 0.6) is 0 Å². The lowest BCUT2D eigenvalue weighted by molar-refractivity contribution is 0.722. The second-order valence-corrected chi connectivity index (χ2v) is 5.73. The van der Waals surface area contributed by atoms with Gasteiger partial charge in [-0.2, -0.15) is 4.98 Å². The van der Waals surface area contributed by atoms with Crippen molar-refractivity contribution in [3.63, 3.8) is 0 Å². The van der Waals surface area contributed by atoms with Crippen molar-refractivity contribution in [2.45, 2.75) is 26.7 Å². The average Bonchev–Trinajstić information content (AvgIpc) is 2.62. The molecule has 0 amide bonds. The molecule has 124 valence electrons. The molecule has 0 radical (unpaired) electrons. The van der Waals surface area contributed by atoms with Crippen molar-refractivity contribution in [1.82, 2.24) is 15.0 Å². The number of nitrogens with zero attached hydrogens (tertiary/aromatic N) is 4. The lowest BCUT2D eigenvalue weighted by Crippen LogP contribution is -2.27. The molecule has 3 aromatic rings. The van der Waals surface area contributed by atoms with Crippen LogP contribution >= 0.6 is 0 Å². The first-order chi connectivity index (χ1) is 11.8. The normalized spacial score (nSPS) is 10.8. The molecule has 5 heteroatoms. The molecule has 0 spiro atoms. The van der Waals surface area contributed by atoms with Crippen LogP contribution < -0.4 is 10.2 Å². The van der Waals surface area contributed by atoms with E-state index in [1.54, 1.807) is 0 Å². The summed E-state index contributed by atoms with van der Waals surface area (Å²) in [5, 5.41) is 4.49. The van der Waals surface area contributed by atoms with Crippen LogP contribution in [-0.4, -0.2) is 28.0 Å².